The van der Waals surface area contributed by atoms with Crippen molar-refractivity contribution in [3.63, 3.8) is 0 Å². The van der Waals surface area contributed by atoms with Crippen molar-refractivity contribution in [3.05, 3.63) is 77.1 Å². The number of aliphatic carboxylic acids is 1. The van der Waals surface area contributed by atoms with Crippen LogP contribution in [0, 0.1) is 29.2 Å². The lowest BCUT2D eigenvalue weighted by atomic mass is 9.79. The third-order valence-electron chi connectivity index (χ3n) is 8.19. The number of ether oxygens (including phenoxy) is 3. The number of amides is 2. The Labute approximate surface area is 269 Å². The van der Waals surface area contributed by atoms with E-state index in [0.29, 0.717) is 24.3 Å². The van der Waals surface area contributed by atoms with Gasteiger partial charge in [-0.3, -0.25) is 19.2 Å². The molecule has 2 amide bonds. The molecular formula is C32H29F4N3O9. The molecule has 3 N–H and O–H groups in total. The van der Waals surface area contributed by atoms with Crippen LogP contribution in [0.25, 0.3) is 0 Å². The van der Waals surface area contributed by atoms with E-state index in [1.807, 2.05) is 0 Å². The summed E-state index contributed by atoms with van der Waals surface area (Å²) >= 11 is 0. The van der Waals surface area contributed by atoms with E-state index in [2.05, 4.69) is 15.4 Å². The number of methoxy groups -OCH3 is 1. The minimum atomic E-state index is -1.91. The lowest BCUT2D eigenvalue weighted by Gasteiger charge is -2.31. The summed E-state index contributed by atoms with van der Waals surface area (Å²) in [4.78, 5) is 64.2. The minimum absolute atomic E-state index is 0.0319. The molecule has 0 saturated heterocycles. The van der Waals surface area contributed by atoms with Crippen LogP contribution in [0.2, 0.25) is 0 Å². The van der Waals surface area contributed by atoms with Crippen molar-refractivity contribution in [1.82, 2.24) is 15.2 Å². The van der Waals surface area contributed by atoms with Crippen LogP contribution in [0.3, 0.4) is 0 Å². The molecule has 2 heterocycles. The molecule has 0 bridgehead atoms. The second-order valence-electron chi connectivity index (χ2n) is 11.3. The molecule has 16 heteroatoms. The summed E-state index contributed by atoms with van der Waals surface area (Å²) in [5, 5.41) is 14.4. The zero-order valence-electron chi connectivity index (χ0n) is 25.3. The Bertz CT molecular complexity index is 1740. The normalized spacial score (nSPS) is 18.9. The number of halogens is 4. The number of aromatic nitrogens is 1. The molecule has 254 valence electrons. The Morgan fingerprint density at radius 1 is 1.02 bits per heavy atom. The number of carbonyl (C=O) groups is 5. The highest BCUT2D eigenvalue weighted by molar-refractivity contribution is 5.96. The monoisotopic (exact) mass is 675 g/mol. The summed E-state index contributed by atoms with van der Waals surface area (Å²) in [6, 6.07) is 5.56. The Kier molecular flexibility index (Phi) is 10.0. The van der Waals surface area contributed by atoms with Gasteiger partial charge in [-0.25, -0.2) is 13.6 Å². The zero-order valence-corrected chi connectivity index (χ0v) is 25.3. The Hall–Kier alpha value is -5.41. The average Bonchev–Trinajstić information content (AvgIpc) is 3.38. The summed E-state index contributed by atoms with van der Waals surface area (Å²) in [5.41, 5.74) is 1.45. The Balaban J connectivity index is 1.28. The molecule has 4 atom stereocenters. The first kappa shape index (κ1) is 33.9. The van der Waals surface area contributed by atoms with Gasteiger partial charge in [0.2, 0.25) is 17.5 Å². The molecule has 5 rings (SSSR count). The van der Waals surface area contributed by atoms with Gasteiger partial charge in [0.05, 0.1) is 25.4 Å². The van der Waals surface area contributed by atoms with Gasteiger partial charge in [0, 0.05) is 37.0 Å². The topological polar surface area (TPSA) is 162 Å². The second kappa shape index (κ2) is 14.1. The van der Waals surface area contributed by atoms with Crippen LogP contribution in [-0.4, -0.2) is 65.0 Å². The molecule has 1 aliphatic carbocycles. The fourth-order valence-corrected chi connectivity index (χ4v) is 5.89. The van der Waals surface area contributed by atoms with E-state index in [1.165, 1.54) is 19.2 Å². The average molecular weight is 676 g/mol. The van der Waals surface area contributed by atoms with Crippen LogP contribution in [0.1, 0.15) is 36.4 Å². The summed E-state index contributed by atoms with van der Waals surface area (Å²) in [5.74, 6) is -14.0. The minimum Gasteiger partial charge on any atom is -0.497 e. The van der Waals surface area contributed by atoms with Gasteiger partial charge < -0.3 is 34.5 Å². The van der Waals surface area contributed by atoms with Crippen LogP contribution in [0.4, 0.5) is 22.4 Å². The van der Waals surface area contributed by atoms with Crippen LogP contribution in [0.5, 0.6) is 17.2 Å². The number of carbonyl (C=O) groups excluding carboxylic acids is 4. The van der Waals surface area contributed by atoms with Crippen LogP contribution < -0.4 is 24.8 Å². The fraction of sp³-hybridized carbons (Fsp3) is 0.344. The number of carboxylic acid groups (broad SMARTS) is 1. The van der Waals surface area contributed by atoms with E-state index < -0.39 is 95.5 Å². The number of carboxylic acids is 1. The van der Waals surface area contributed by atoms with Gasteiger partial charge in [-0.05, 0) is 48.7 Å². The van der Waals surface area contributed by atoms with Crippen LogP contribution in [0.15, 0.2) is 42.6 Å². The quantitative estimate of drug-likeness (QED) is 0.204. The third-order valence-corrected chi connectivity index (χ3v) is 8.19. The third kappa shape index (κ3) is 7.26. The number of rotatable bonds is 11. The first-order valence-electron chi connectivity index (χ1n) is 14.7. The molecule has 0 saturated carbocycles. The first-order chi connectivity index (χ1) is 22.9. The SMILES string of the molecule is COc1ccc(OC(=O)NC2CCc3ccn4c3C2C(=O)CC(C(=O)NC(CC(=O)O)C(=O)COc2c(F)c(F)cc(F)c2F)C4)cc1. The van der Waals surface area contributed by atoms with Gasteiger partial charge in [0.25, 0.3) is 0 Å². The van der Waals surface area contributed by atoms with Gasteiger partial charge in [-0.2, -0.15) is 8.78 Å². The molecule has 48 heavy (non-hydrogen) atoms. The van der Waals surface area contributed by atoms with Gasteiger partial charge in [0.1, 0.15) is 29.9 Å². The van der Waals surface area contributed by atoms with Crippen molar-refractivity contribution >= 4 is 29.5 Å². The number of ketones is 2. The second-order valence-corrected chi connectivity index (χ2v) is 11.3. The lowest BCUT2D eigenvalue weighted by Crippen LogP contribution is -2.47. The number of nitrogens with zero attached hydrogens (tertiary/aromatic N) is 1. The number of aryl methyl sites for hydroxylation is 1. The summed E-state index contributed by atoms with van der Waals surface area (Å²) in [6.07, 6.45) is 0.489. The van der Waals surface area contributed by atoms with Crippen molar-refractivity contribution in [2.75, 3.05) is 13.7 Å². The number of hydrogen-bond donors (Lipinski definition) is 3. The Morgan fingerprint density at radius 2 is 1.69 bits per heavy atom. The van der Waals surface area contributed by atoms with Gasteiger partial charge in [0.15, 0.2) is 23.2 Å². The molecule has 1 aliphatic heterocycles. The molecule has 0 fully saturated rings. The number of nitrogens with one attached hydrogen (secondary N) is 2. The van der Waals surface area contributed by atoms with Crippen molar-refractivity contribution in [3.8, 4) is 17.2 Å². The predicted molar refractivity (Wildman–Crippen MR) is 156 cm³/mol. The van der Waals surface area contributed by atoms with E-state index in [4.69, 9.17) is 9.47 Å². The molecular weight excluding hydrogens is 646 g/mol. The molecule has 12 nitrogen and oxygen atoms in total. The highest BCUT2D eigenvalue weighted by Crippen LogP contribution is 2.38. The summed E-state index contributed by atoms with van der Waals surface area (Å²) < 4.78 is 71.9. The largest absolute Gasteiger partial charge is 0.497 e. The molecule has 2 aromatic carbocycles. The van der Waals surface area contributed by atoms with E-state index in [0.717, 1.165) is 5.56 Å². The van der Waals surface area contributed by atoms with Gasteiger partial charge in [-0.15, -0.1) is 0 Å². The molecule has 3 aromatic rings. The summed E-state index contributed by atoms with van der Waals surface area (Å²) in [6.45, 7) is -1.28. The van der Waals surface area contributed by atoms with Crippen LogP contribution in [-0.2, 0) is 32.1 Å². The number of benzene rings is 2. The Morgan fingerprint density at radius 3 is 2.33 bits per heavy atom. The van der Waals surface area contributed by atoms with E-state index in [9.17, 15) is 46.6 Å². The summed E-state index contributed by atoms with van der Waals surface area (Å²) in [7, 11) is 1.49. The maximum absolute atomic E-state index is 14.0. The van der Waals surface area contributed by atoms with Crippen molar-refractivity contribution < 1.29 is 60.9 Å². The molecule has 2 aliphatic rings. The predicted octanol–water partition coefficient (Wildman–Crippen LogP) is 3.44. The lowest BCUT2D eigenvalue weighted by molar-refractivity contribution is -0.141. The standard InChI is InChI=1S/C32H29F4N3O9/c1-46-17-3-5-18(6-4-17)48-32(45)38-21-7-2-15-8-9-39-13-16(10-23(40)26(21)29(15)39)31(44)37-22(12-25(42)43)24(41)14-47-30-27(35)19(33)11-20(34)28(30)36/h3-6,8-9,11,16,21-22,26H,2,7,10,12-14H2,1H3,(H,37,44)(H,38,45)(H,42,43). The zero-order chi connectivity index (χ0) is 34.7. The maximum atomic E-state index is 14.0. The van der Waals surface area contributed by atoms with Crippen molar-refractivity contribution in [2.24, 2.45) is 5.92 Å². The smallest absolute Gasteiger partial charge is 0.412 e. The number of Topliss-reactive ketones (excluding diaryl/α,β-unsaturated/α-hetero) is 2. The molecule has 0 spiro atoms. The maximum Gasteiger partial charge on any atom is 0.412 e. The first-order valence-corrected chi connectivity index (χ1v) is 14.7. The van der Waals surface area contributed by atoms with E-state index in [1.54, 1.807) is 29.0 Å². The van der Waals surface area contributed by atoms with E-state index in [-0.39, 0.29) is 24.8 Å². The van der Waals surface area contributed by atoms with Crippen molar-refractivity contribution in [1.29, 1.82) is 0 Å². The molecule has 1 aromatic heterocycles. The molecule has 4 unspecified atom stereocenters. The van der Waals surface area contributed by atoms with Gasteiger partial charge >= 0.3 is 12.1 Å². The van der Waals surface area contributed by atoms with Gasteiger partial charge in [-0.1, -0.05) is 0 Å². The van der Waals surface area contributed by atoms with E-state index >= 15 is 0 Å². The molecule has 0 radical (unpaired) electrons. The number of hydrogen-bond acceptors (Lipinski definition) is 8. The highest BCUT2D eigenvalue weighted by atomic mass is 19.2. The highest BCUT2D eigenvalue weighted by Gasteiger charge is 2.43. The van der Waals surface area contributed by atoms with Crippen LogP contribution >= 0.6 is 0 Å². The fourth-order valence-electron chi connectivity index (χ4n) is 5.89. The van der Waals surface area contributed by atoms with Crippen molar-refractivity contribution in [2.45, 2.75) is 50.2 Å².